The molecule has 3 aromatic carbocycles. The number of nitrogens with zero attached hydrogens (tertiary/aromatic N) is 3. The summed E-state index contributed by atoms with van der Waals surface area (Å²) in [5, 5.41) is 12.5. The van der Waals surface area contributed by atoms with Gasteiger partial charge in [0.05, 0.1) is 12.5 Å². The first-order valence-corrected chi connectivity index (χ1v) is 22.8. The van der Waals surface area contributed by atoms with E-state index in [4.69, 9.17) is 4.74 Å². The number of phenolic OH excluding ortho intramolecular Hbond substituents is 1. The fourth-order valence-electron chi connectivity index (χ4n) is 10.2. The van der Waals surface area contributed by atoms with Crippen LogP contribution in [0.4, 0.5) is 0 Å². The summed E-state index contributed by atoms with van der Waals surface area (Å²) in [7, 11) is 0. The average Bonchev–Trinajstić information content (AvgIpc) is 3.56. The summed E-state index contributed by atoms with van der Waals surface area (Å²) in [6.45, 7) is 13.3. The normalized spacial score (nSPS) is 25.9. The van der Waals surface area contributed by atoms with Crippen molar-refractivity contribution in [1.29, 1.82) is 0 Å². The smallest absolute Gasteiger partial charge is 0.249 e. The van der Waals surface area contributed by atoms with E-state index >= 15 is 0 Å². The number of hydrogen-bond acceptors (Lipinski definition) is 7. The topological polar surface area (TPSA) is 102 Å². The monoisotopic (exact) mass is 815 g/mol. The molecule has 3 aliphatic heterocycles. The van der Waals surface area contributed by atoms with Gasteiger partial charge in [0, 0.05) is 45.2 Å². The number of imide groups is 1. The van der Waals surface area contributed by atoms with Crippen LogP contribution in [0.3, 0.4) is 0 Å². The molecule has 3 heterocycles. The van der Waals surface area contributed by atoms with Crippen LogP contribution >= 0.6 is 0 Å². The van der Waals surface area contributed by atoms with Gasteiger partial charge in [0.1, 0.15) is 17.5 Å². The molecular formula is C51H66N4O5. The van der Waals surface area contributed by atoms with E-state index < -0.39 is 6.04 Å². The highest BCUT2D eigenvalue weighted by atomic mass is 16.5. The Morgan fingerprint density at radius 3 is 2.22 bits per heavy atom. The number of likely N-dealkylation sites (tertiary alicyclic amines) is 1. The van der Waals surface area contributed by atoms with Crippen molar-refractivity contribution in [3.05, 3.63) is 107 Å². The molecule has 0 aromatic heterocycles. The SMILES string of the molecule is CC/C(=C(\c1ccc(O)cc1)c1ccc(OCCCCCN2CCN(C3CCC(CC)C/C(C)=C/C4C(=O)N(C5CCC(=O)NC5=O)CC4C3)CC2)cc1)c1ccccc1. The van der Waals surface area contributed by atoms with Gasteiger partial charge in [-0.05, 0) is 135 Å². The molecule has 0 saturated carbocycles. The largest absolute Gasteiger partial charge is 0.508 e. The molecule has 3 amide bonds. The van der Waals surface area contributed by atoms with Gasteiger partial charge < -0.3 is 19.6 Å². The van der Waals surface area contributed by atoms with Crippen molar-refractivity contribution < 1.29 is 24.2 Å². The average molecular weight is 815 g/mol. The van der Waals surface area contributed by atoms with Crippen molar-refractivity contribution in [2.24, 2.45) is 17.8 Å². The van der Waals surface area contributed by atoms with Gasteiger partial charge in [0.2, 0.25) is 17.7 Å². The second kappa shape index (κ2) is 20.7. The lowest BCUT2D eigenvalue weighted by molar-refractivity contribution is -0.144. The Kier molecular flexibility index (Phi) is 15.0. The van der Waals surface area contributed by atoms with Gasteiger partial charge in [-0.1, -0.05) is 86.5 Å². The Morgan fingerprint density at radius 2 is 1.53 bits per heavy atom. The molecule has 60 heavy (non-hydrogen) atoms. The molecule has 3 saturated heterocycles. The van der Waals surface area contributed by atoms with Gasteiger partial charge in [-0.25, -0.2) is 0 Å². The number of unbranched alkanes of at least 4 members (excludes halogenated alkanes) is 2. The number of carbonyl (C=O) groups excluding carboxylic acids is 3. The molecule has 7 rings (SSSR count). The van der Waals surface area contributed by atoms with Crippen molar-refractivity contribution in [3.8, 4) is 11.5 Å². The first-order chi connectivity index (χ1) is 29.2. The molecule has 0 radical (unpaired) electrons. The van der Waals surface area contributed by atoms with Gasteiger partial charge >= 0.3 is 0 Å². The summed E-state index contributed by atoms with van der Waals surface area (Å²) in [4.78, 5) is 45.8. The summed E-state index contributed by atoms with van der Waals surface area (Å²) in [6, 6.07) is 26.3. The summed E-state index contributed by atoms with van der Waals surface area (Å²) < 4.78 is 6.22. The molecule has 9 heteroatoms. The first-order valence-electron chi connectivity index (χ1n) is 22.8. The van der Waals surface area contributed by atoms with Crippen LogP contribution in [0.25, 0.3) is 11.1 Å². The lowest BCUT2D eigenvalue weighted by Gasteiger charge is -2.41. The molecule has 3 aromatic rings. The molecule has 9 nitrogen and oxygen atoms in total. The van der Waals surface area contributed by atoms with E-state index in [-0.39, 0.29) is 41.7 Å². The van der Waals surface area contributed by atoms with Crippen molar-refractivity contribution in [3.63, 3.8) is 0 Å². The van der Waals surface area contributed by atoms with Crippen LogP contribution in [-0.4, -0.2) is 95.5 Å². The van der Waals surface area contributed by atoms with Crippen LogP contribution < -0.4 is 10.1 Å². The zero-order chi connectivity index (χ0) is 42.0. The summed E-state index contributed by atoms with van der Waals surface area (Å²) in [6.07, 6.45) is 12.6. The fourth-order valence-corrected chi connectivity index (χ4v) is 10.2. The fraction of sp³-hybridized carbons (Fsp3) is 0.510. The van der Waals surface area contributed by atoms with E-state index in [0.29, 0.717) is 31.5 Å². The number of benzene rings is 3. The van der Waals surface area contributed by atoms with Gasteiger partial charge in [-0.2, -0.15) is 0 Å². The van der Waals surface area contributed by atoms with E-state index in [2.05, 4.69) is 90.5 Å². The number of rotatable bonds is 14. The van der Waals surface area contributed by atoms with Gasteiger partial charge in [-0.15, -0.1) is 0 Å². The van der Waals surface area contributed by atoms with Crippen molar-refractivity contribution in [1.82, 2.24) is 20.0 Å². The van der Waals surface area contributed by atoms with Crippen LogP contribution in [0, 0.1) is 17.8 Å². The second-order valence-corrected chi connectivity index (χ2v) is 17.6. The predicted molar refractivity (Wildman–Crippen MR) is 239 cm³/mol. The number of hydrogen-bond donors (Lipinski definition) is 2. The molecule has 5 atom stereocenters. The molecule has 3 fully saturated rings. The Hall–Kier alpha value is -4.73. The van der Waals surface area contributed by atoms with Crippen molar-refractivity contribution >= 4 is 28.9 Å². The number of nitrogens with one attached hydrogen (secondary N) is 1. The third-order valence-corrected chi connectivity index (χ3v) is 13.6. The lowest BCUT2D eigenvalue weighted by Crippen LogP contribution is -2.53. The van der Waals surface area contributed by atoms with Crippen LogP contribution in [0.1, 0.15) is 108 Å². The van der Waals surface area contributed by atoms with Crippen molar-refractivity contribution in [2.75, 3.05) is 45.9 Å². The number of piperazine rings is 1. The lowest BCUT2D eigenvalue weighted by atomic mass is 9.81. The summed E-state index contributed by atoms with van der Waals surface area (Å²) >= 11 is 0. The van der Waals surface area contributed by atoms with Crippen LogP contribution in [0.5, 0.6) is 11.5 Å². The molecule has 0 bridgehead atoms. The number of amides is 3. The quantitative estimate of drug-likeness (QED) is 0.0727. The molecule has 1 aliphatic carbocycles. The van der Waals surface area contributed by atoms with Crippen LogP contribution in [-0.2, 0) is 14.4 Å². The van der Waals surface area contributed by atoms with Gasteiger partial charge in [0.25, 0.3) is 0 Å². The van der Waals surface area contributed by atoms with E-state index in [1.807, 2.05) is 18.2 Å². The van der Waals surface area contributed by atoms with E-state index in [0.717, 1.165) is 101 Å². The number of carbonyl (C=O) groups is 3. The maximum absolute atomic E-state index is 13.9. The molecule has 5 unspecified atom stereocenters. The minimum atomic E-state index is -0.543. The standard InChI is InChI=1S/C51H66N4O5/c1-4-37-14-19-42(34-41-35-55(47-24-25-48(57)52-50(47)58)51(59)46(41)33-36(3)32-37)54-29-27-53(28-30-54)26-10-7-11-31-60-44-22-17-40(18-23-44)49(39-15-20-43(56)21-16-39)45(5-2)38-12-8-6-9-13-38/h6,8-9,12-13,15-18,20-23,33,37,41-42,46-47,56H,4-5,7,10-11,14,19,24-32,34-35H2,1-3H3,(H,52,57,58)/b36-33+,49-45-. The Labute approximate surface area is 357 Å². The number of fused-ring (bicyclic) bond motifs is 1. The van der Waals surface area contributed by atoms with E-state index in [9.17, 15) is 19.5 Å². The highest BCUT2D eigenvalue weighted by molar-refractivity contribution is 6.02. The molecule has 2 N–H and O–H groups in total. The number of allylic oxidation sites excluding steroid dienone is 2. The Balaban J connectivity index is 0.883. The minimum Gasteiger partial charge on any atom is -0.508 e. The van der Waals surface area contributed by atoms with Gasteiger partial charge in [0.15, 0.2) is 0 Å². The number of phenols is 1. The second-order valence-electron chi connectivity index (χ2n) is 17.6. The van der Waals surface area contributed by atoms with Gasteiger partial charge in [-0.3, -0.25) is 24.6 Å². The zero-order valence-corrected chi connectivity index (χ0v) is 36.1. The molecule has 4 aliphatic rings. The Bertz CT molecular complexity index is 1970. The summed E-state index contributed by atoms with van der Waals surface area (Å²) in [5.41, 5.74) is 7.13. The third-order valence-electron chi connectivity index (χ3n) is 13.6. The van der Waals surface area contributed by atoms with Crippen molar-refractivity contribution in [2.45, 2.75) is 103 Å². The number of ether oxygens (including phenoxy) is 1. The highest BCUT2D eigenvalue weighted by Gasteiger charge is 2.46. The van der Waals surface area contributed by atoms with Crippen LogP contribution in [0.15, 0.2) is 90.5 Å². The zero-order valence-electron chi connectivity index (χ0n) is 36.1. The maximum atomic E-state index is 13.9. The molecule has 0 spiro atoms. The predicted octanol–water partition coefficient (Wildman–Crippen LogP) is 8.72. The molecule has 320 valence electrons. The maximum Gasteiger partial charge on any atom is 0.249 e. The third kappa shape index (κ3) is 10.8. The number of piperidine rings is 1. The molecular weight excluding hydrogens is 749 g/mol. The Morgan fingerprint density at radius 1 is 0.817 bits per heavy atom. The highest BCUT2D eigenvalue weighted by Crippen LogP contribution is 2.39. The number of aromatic hydroxyl groups is 1. The minimum absolute atomic E-state index is 0.0624. The first kappa shape index (κ1) is 43.4. The van der Waals surface area contributed by atoms with E-state index in [1.165, 1.54) is 28.7 Å². The van der Waals surface area contributed by atoms with E-state index in [1.54, 1.807) is 17.0 Å². The van der Waals surface area contributed by atoms with Crippen LogP contribution in [0.2, 0.25) is 0 Å². The summed E-state index contributed by atoms with van der Waals surface area (Å²) in [5.74, 6) is 1.24.